The number of nitrogens with two attached hydrogens (primary N) is 1. The number of hydrogen-bond donors (Lipinski definition) is 3. The summed E-state index contributed by atoms with van der Waals surface area (Å²) in [6.07, 6.45) is 1.19. The molecule has 1 saturated heterocycles. The van der Waals surface area contributed by atoms with Gasteiger partial charge in [-0.3, -0.25) is 4.79 Å². The molecule has 1 amide bonds. The van der Waals surface area contributed by atoms with E-state index in [2.05, 4.69) is 24.5 Å². The van der Waals surface area contributed by atoms with Gasteiger partial charge in [0, 0.05) is 17.8 Å². The average Bonchev–Trinajstić information content (AvgIpc) is 2.85. The number of nitrogen functional groups attached to an aromatic ring is 1. The molecule has 1 aliphatic rings. The molecule has 120 valence electrons. The van der Waals surface area contributed by atoms with E-state index in [-0.39, 0.29) is 11.9 Å². The summed E-state index contributed by atoms with van der Waals surface area (Å²) in [5.41, 5.74) is 7.16. The number of amides is 1. The van der Waals surface area contributed by atoms with Crippen LogP contribution in [-0.2, 0) is 14.3 Å². The van der Waals surface area contributed by atoms with Gasteiger partial charge in [0.25, 0.3) is 0 Å². The van der Waals surface area contributed by atoms with Gasteiger partial charge in [0.05, 0.1) is 6.61 Å². The number of nitrogens with one attached hydrogen (secondary N) is 2. The van der Waals surface area contributed by atoms with Crippen LogP contribution in [-0.4, -0.2) is 30.6 Å². The highest BCUT2D eigenvalue weighted by Gasteiger charge is 2.30. The third-order valence-corrected chi connectivity index (χ3v) is 3.53. The lowest BCUT2D eigenvalue weighted by atomic mass is 10.0. The minimum atomic E-state index is -0.532. The van der Waals surface area contributed by atoms with Gasteiger partial charge in [-0.25, -0.2) is 4.79 Å². The summed E-state index contributed by atoms with van der Waals surface area (Å²) in [6, 6.07) is 6.29. The normalized spacial score (nSPS) is 18.9. The molecule has 1 aromatic carbocycles. The van der Waals surface area contributed by atoms with Crippen molar-refractivity contribution in [3.63, 3.8) is 0 Å². The molecule has 2 rings (SSSR count). The van der Waals surface area contributed by atoms with Crippen molar-refractivity contribution in [3.8, 4) is 0 Å². The number of carbonyl (C=O) groups is 2. The Labute approximate surface area is 130 Å². The molecule has 0 aliphatic carbocycles. The molecule has 1 aromatic rings. The zero-order valence-corrected chi connectivity index (χ0v) is 13.0. The quantitative estimate of drug-likeness (QED) is 0.547. The predicted molar refractivity (Wildman–Crippen MR) is 85.2 cm³/mol. The van der Waals surface area contributed by atoms with Crippen LogP contribution >= 0.6 is 0 Å². The van der Waals surface area contributed by atoms with E-state index >= 15 is 0 Å². The molecule has 0 bridgehead atoms. The van der Waals surface area contributed by atoms with Gasteiger partial charge in [-0.05, 0) is 36.6 Å². The molecule has 22 heavy (non-hydrogen) atoms. The first-order valence-electron chi connectivity index (χ1n) is 7.55. The van der Waals surface area contributed by atoms with Crippen LogP contribution < -0.4 is 16.4 Å². The molecular formula is C16H23N3O3. The topological polar surface area (TPSA) is 93.4 Å². The number of anilines is 2. The summed E-state index contributed by atoms with van der Waals surface area (Å²) in [5, 5.41) is 5.97. The zero-order chi connectivity index (χ0) is 16.1. The van der Waals surface area contributed by atoms with Gasteiger partial charge < -0.3 is 21.1 Å². The minimum absolute atomic E-state index is 0.186. The van der Waals surface area contributed by atoms with Gasteiger partial charge in [-0.2, -0.15) is 0 Å². The van der Waals surface area contributed by atoms with E-state index < -0.39 is 12.1 Å². The molecule has 1 heterocycles. The molecule has 2 atom stereocenters. The first-order valence-corrected chi connectivity index (χ1v) is 7.55. The maximum Gasteiger partial charge on any atom is 0.328 e. The van der Waals surface area contributed by atoms with E-state index in [1.54, 1.807) is 12.1 Å². The molecule has 6 heteroatoms. The van der Waals surface area contributed by atoms with Crippen molar-refractivity contribution in [1.82, 2.24) is 5.32 Å². The Hall–Kier alpha value is -2.24. The molecule has 0 radical (unpaired) electrons. The highest BCUT2D eigenvalue weighted by molar-refractivity contribution is 5.89. The number of hydrogen-bond acceptors (Lipinski definition) is 5. The van der Waals surface area contributed by atoms with Gasteiger partial charge in [-0.1, -0.05) is 13.8 Å². The van der Waals surface area contributed by atoms with Crippen molar-refractivity contribution >= 4 is 23.3 Å². The lowest BCUT2D eigenvalue weighted by molar-refractivity contribution is -0.141. The number of benzene rings is 1. The van der Waals surface area contributed by atoms with Crippen molar-refractivity contribution in [2.45, 2.75) is 38.8 Å². The molecular weight excluding hydrogens is 282 g/mol. The van der Waals surface area contributed by atoms with Crippen LogP contribution in [0.5, 0.6) is 0 Å². The summed E-state index contributed by atoms with van der Waals surface area (Å²) < 4.78 is 4.87. The van der Waals surface area contributed by atoms with E-state index in [1.165, 1.54) is 0 Å². The SMILES string of the molecule is CC(C)C[C@H](Nc1ccc(N)cc1)C(=O)N[C@H]1CCOC1=O. The number of ether oxygens (including phenoxy) is 1. The van der Waals surface area contributed by atoms with Crippen molar-refractivity contribution in [3.05, 3.63) is 24.3 Å². The predicted octanol–water partition coefficient (Wildman–Crippen LogP) is 1.53. The molecule has 4 N–H and O–H groups in total. The Morgan fingerprint density at radius 2 is 2.05 bits per heavy atom. The largest absolute Gasteiger partial charge is 0.464 e. The Morgan fingerprint density at radius 3 is 2.59 bits per heavy atom. The van der Waals surface area contributed by atoms with E-state index in [1.807, 2.05) is 12.1 Å². The Balaban J connectivity index is 2.02. The maximum atomic E-state index is 12.4. The molecule has 6 nitrogen and oxygen atoms in total. The van der Waals surface area contributed by atoms with E-state index in [0.29, 0.717) is 31.1 Å². The van der Waals surface area contributed by atoms with Crippen LogP contribution in [0, 0.1) is 5.92 Å². The van der Waals surface area contributed by atoms with Crippen LogP contribution in [0.2, 0.25) is 0 Å². The van der Waals surface area contributed by atoms with Crippen molar-refractivity contribution < 1.29 is 14.3 Å². The average molecular weight is 305 g/mol. The second-order valence-electron chi connectivity index (χ2n) is 5.97. The number of carbonyl (C=O) groups excluding carboxylic acids is 2. The van der Waals surface area contributed by atoms with E-state index in [9.17, 15) is 9.59 Å². The molecule has 0 aromatic heterocycles. The first-order chi connectivity index (χ1) is 10.5. The second-order valence-corrected chi connectivity index (χ2v) is 5.97. The van der Waals surface area contributed by atoms with Crippen molar-refractivity contribution in [1.29, 1.82) is 0 Å². The Bertz CT molecular complexity index is 528. The molecule has 0 unspecified atom stereocenters. The van der Waals surface area contributed by atoms with Gasteiger partial charge in [0.1, 0.15) is 12.1 Å². The summed E-state index contributed by atoms with van der Waals surface area (Å²) in [7, 11) is 0. The van der Waals surface area contributed by atoms with Gasteiger partial charge in [-0.15, -0.1) is 0 Å². The lowest BCUT2D eigenvalue weighted by Gasteiger charge is -2.22. The highest BCUT2D eigenvalue weighted by atomic mass is 16.5. The number of cyclic esters (lactones) is 1. The smallest absolute Gasteiger partial charge is 0.328 e. The fourth-order valence-electron chi connectivity index (χ4n) is 2.38. The van der Waals surface area contributed by atoms with Crippen LogP contribution in [0.1, 0.15) is 26.7 Å². The van der Waals surface area contributed by atoms with E-state index in [0.717, 1.165) is 5.69 Å². The maximum absolute atomic E-state index is 12.4. The van der Waals surface area contributed by atoms with Gasteiger partial charge in [0.2, 0.25) is 5.91 Å². The van der Waals surface area contributed by atoms with Gasteiger partial charge in [0.15, 0.2) is 0 Å². The summed E-state index contributed by atoms with van der Waals surface area (Å²) in [5.74, 6) is -0.203. The summed E-state index contributed by atoms with van der Waals surface area (Å²) in [4.78, 5) is 23.9. The van der Waals surface area contributed by atoms with Crippen LogP contribution in [0.15, 0.2) is 24.3 Å². The third-order valence-electron chi connectivity index (χ3n) is 3.53. The summed E-state index contributed by atoms with van der Waals surface area (Å²) in [6.45, 7) is 4.47. The standard InChI is InChI=1S/C16H23N3O3/c1-10(2)9-14(18-12-5-3-11(17)4-6-12)15(20)19-13-7-8-22-16(13)21/h3-6,10,13-14,18H,7-9,17H2,1-2H3,(H,19,20)/t13-,14-/m0/s1. The first kappa shape index (κ1) is 16.1. The van der Waals surface area contributed by atoms with E-state index in [4.69, 9.17) is 10.5 Å². The molecule has 0 saturated carbocycles. The monoisotopic (exact) mass is 305 g/mol. The summed E-state index contributed by atoms with van der Waals surface area (Å²) >= 11 is 0. The fourth-order valence-corrected chi connectivity index (χ4v) is 2.38. The number of rotatable bonds is 6. The third kappa shape index (κ3) is 4.38. The fraction of sp³-hybridized carbons (Fsp3) is 0.500. The Kier molecular flexibility index (Phi) is 5.25. The lowest BCUT2D eigenvalue weighted by Crippen LogP contribution is -2.46. The minimum Gasteiger partial charge on any atom is -0.464 e. The zero-order valence-electron chi connectivity index (χ0n) is 13.0. The van der Waals surface area contributed by atoms with Crippen molar-refractivity contribution in [2.75, 3.05) is 17.7 Å². The van der Waals surface area contributed by atoms with Gasteiger partial charge >= 0.3 is 5.97 Å². The molecule has 1 fully saturated rings. The Morgan fingerprint density at radius 1 is 1.36 bits per heavy atom. The second kappa shape index (κ2) is 7.15. The van der Waals surface area contributed by atoms with Crippen LogP contribution in [0.25, 0.3) is 0 Å². The molecule has 0 spiro atoms. The van der Waals surface area contributed by atoms with Crippen LogP contribution in [0.4, 0.5) is 11.4 Å². The van der Waals surface area contributed by atoms with Crippen molar-refractivity contribution in [2.24, 2.45) is 5.92 Å². The molecule has 1 aliphatic heterocycles. The highest BCUT2D eigenvalue weighted by Crippen LogP contribution is 2.16. The van der Waals surface area contributed by atoms with Crippen LogP contribution in [0.3, 0.4) is 0 Å². The number of esters is 1.